The average molecular weight is 364 g/mol. The van der Waals surface area contributed by atoms with Crippen LogP contribution in [0.5, 0.6) is 0 Å². The van der Waals surface area contributed by atoms with E-state index in [-0.39, 0.29) is 41.2 Å². The van der Waals surface area contributed by atoms with Crippen LogP contribution in [0.25, 0.3) is 0 Å². The van der Waals surface area contributed by atoms with Crippen LogP contribution in [-0.2, 0) is 9.59 Å². The molecule has 1 aliphatic heterocycles. The Morgan fingerprint density at radius 1 is 0.889 bits per heavy atom. The van der Waals surface area contributed by atoms with Crippen molar-refractivity contribution in [2.75, 3.05) is 4.90 Å². The van der Waals surface area contributed by atoms with Gasteiger partial charge in [0.2, 0.25) is 11.8 Å². The van der Waals surface area contributed by atoms with Gasteiger partial charge in [-0.2, -0.15) is 0 Å². The Morgan fingerprint density at radius 2 is 1.44 bits per heavy atom. The van der Waals surface area contributed by atoms with Crippen molar-refractivity contribution in [3.63, 3.8) is 0 Å². The molecule has 27 heavy (non-hydrogen) atoms. The summed E-state index contributed by atoms with van der Waals surface area (Å²) in [5.74, 6) is -0.853. The number of hydrogen-bond donors (Lipinski definition) is 0. The van der Waals surface area contributed by atoms with Crippen LogP contribution < -0.4 is 4.90 Å². The van der Waals surface area contributed by atoms with Crippen molar-refractivity contribution in [1.29, 1.82) is 0 Å². The molecule has 2 amide bonds. The lowest BCUT2D eigenvalue weighted by molar-refractivity contribution is -0.384. The molecule has 1 heterocycles. The number of rotatable bonds is 2. The molecule has 1 saturated heterocycles. The number of nitro benzene ring substituents is 1. The Labute approximate surface area is 156 Å². The molecule has 2 bridgehead atoms. The molecular formula is C21H20N2O4. The minimum absolute atomic E-state index is 0.0487. The van der Waals surface area contributed by atoms with E-state index in [0.29, 0.717) is 5.69 Å². The molecule has 0 radical (unpaired) electrons. The Hall–Kier alpha value is -2.76. The van der Waals surface area contributed by atoms with Crippen LogP contribution in [0, 0.1) is 33.8 Å². The third-order valence-corrected chi connectivity index (χ3v) is 6.60. The van der Waals surface area contributed by atoms with Crippen LogP contribution in [0.1, 0.15) is 32.1 Å². The molecule has 6 heteroatoms. The first-order valence-electron chi connectivity index (χ1n) is 9.60. The number of nitrogens with zero attached hydrogens (tertiary/aromatic N) is 2. The number of hydrogen-bond acceptors (Lipinski definition) is 4. The number of allylic oxidation sites excluding steroid dienone is 4. The zero-order valence-corrected chi connectivity index (χ0v) is 14.8. The molecule has 5 rings (SSSR count). The fourth-order valence-electron chi connectivity index (χ4n) is 5.48. The van der Waals surface area contributed by atoms with Gasteiger partial charge < -0.3 is 0 Å². The van der Waals surface area contributed by atoms with Gasteiger partial charge in [-0.1, -0.05) is 29.7 Å². The standard InChI is InChI=1S/C21H20N2O4/c24-20-18-15-10-11-16(17(15)12-4-2-1-3-5-12)19(18)21(25)22(20)13-6-8-14(9-7-13)23(26)27/h6-11,15-16,18-19H,1-5H2. The summed E-state index contributed by atoms with van der Waals surface area (Å²) in [6, 6.07) is 5.66. The second-order valence-electron chi connectivity index (χ2n) is 7.89. The predicted molar refractivity (Wildman–Crippen MR) is 98.8 cm³/mol. The second-order valence-corrected chi connectivity index (χ2v) is 7.89. The highest BCUT2D eigenvalue weighted by Crippen LogP contribution is 2.58. The predicted octanol–water partition coefficient (Wildman–Crippen LogP) is 3.78. The molecule has 2 saturated carbocycles. The monoisotopic (exact) mass is 364 g/mol. The zero-order chi connectivity index (χ0) is 18.7. The van der Waals surface area contributed by atoms with E-state index in [9.17, 15) is 19.7 Å². The summed E-state index contributed by atoms with van der Waals surface area (Å²) in [4.78, 5) is 37.9. The summed E-state index contributed by atoms with van der Waals surface area (Å²) in [5.41, 5.74) is 3.19. The third-order valence-electron chi connectivity index (χ3n) is 6.60. The van der Waals surface area contributed by atoms with Gasteiger partial charge >= 0.3 is 0 Å². The lowest BCUT2D eigenvalue weighted by Crippen LogP contribution is -2.33. The molecule has 0 aromatic heterocycles. The first kappa shape index (κ1) is 16.4. The summed E-state index contributed by atoms with van der Waals surface area (Å²) in [6.45, 7) is 0. The normalized spacial score (nSPS) is 31.8. The highest BCUT2D eigenvalue weighted by atomic mass is 16.6. The van der Waals surface area contributed by atoms with Crippen molar-refractivity contribution < 1.29 is 14.5 Å². The van der Waals surface area contributed by atoms with Crippen LogP contribution in [0.2, 0.25) is 0 Å². The molecule has 3 fully saturated rings. The minimum Gasteiger partial charge on any atom is -0.274 e. The molecular weight excluding hydrogens is 344 g/mol. The summed E-state index contributed by atoms with van der Waals surface area (Å²) in [5, 5.41) is 10.8. The summed E-state index contributed by atoms with van der Waals surface area (Å²) in [7, 11) is 0. The highest BCUT2D eigenvalue weighted by molar-refractivity contribution is 6.23. The number of carbonyl (C=O) groups excluding carboxylic acids is 2. The first-order chi connectivity index (χ1) is 13.1. The van der Waals surface area contributed by atoms with E-state index in [1.165, 1.54) is 59.6 Å². The molecule has 1 aromatic rings. The van der Waals surface area contributed by atoms with E-state index in [2.05, 4.69) is 12.2 Å². The Morgan fingerprint density at radius 3 is 1.96 bits per heavy atom. The Balaban J connectivity index is 1.48. The van der Waals surface area contributed by atoms with Crippen LogP contribution in [0.15, 0.2) is 47.6 Å². The van der Waals surface area contributed by atoms with E-state index in [0.717, 1.165) is 12.8 Å². The molecule has 138 valence electrons. The van der Waals surface area contributed by atoms with Crippen molar-refractivity contribution in [3.8, 4) is 0 Å². The lowest BCUT2D eigenvalue weighted by atomic mass is 9.85. The Kier molecular flexibility index (Phi) is 3.57. The highest BCUT2D eigenvalue weighted by Gasteiger charge is 2.62. The van der Waals surface area contributed by atoms with Crippen LogP contribution in [0.4, 0.5) is 11.4 Å². The van der Waals surface area contributed by atoms with Gasteiger partial charge in [-0.3, -0.25) is 19.7 Å². The number of carbonyl (C=O) groups is 2. The van der Waals surface area contributed by atoms with Gasteiger partial charge in [0.1, 0.15) is 0 Å². The van der Waals surface area contributed by atoms with E-state index >= 15 is 0 Å². The zero-order valence-electron chi connectivity index (χ0n) is 14.8. The number of non-ortho nitro benzene ring substituents is 1. The molecule has 4 atom stereocenters. The maximum Gasteiger partial charge on any atom is 0.269 e. The topological polar surface area (TPSA) is 80.5 Å². The molecule has 6 nitrogen and oxygen atoms in total. The maximum atomic E-state index is 13.1. The van der Waals surface area contributed by atoms with Crippen molar-refractivity contribution in [2.24, 2.45) is 23.7 Å². The van der Waals surface area contributed by atoms with Gasteiger partial charge in [0.05, 0.1) is 22.4 Å². The Bertz CT molecular complexity index is 873. The number of anilines is 1. The van der Waals surface area contributed by atoms with Gasteiger partial charge in [-0.05, 0) is 37.8 Å². The van der Waals surface area contributed by atoms with Crippen molar-refractivity contribution in [1.82, 2.24) is 0 Å². The van der Waals surface area contributed by atoms with Crippen molar-refractivity contribution in [3.05, 3.63) is 57.7 Å². The average Bonchev–Trinajstić information content (AvgIpc) is 3.32. The number of imide groups is 1. The number of benzene rings is 1. The van der Waals surface area contributed by atoms with E-state index in [1.54, 1.807) is 0 Å². The van der Waals surface area contributed by atoms with Crippen LogP contribution in [0.3, 0.4) is 0 Å². The van der Waals surface area contributed by atoms with E-state index in [4.69, 9.17) is 0 Å². The molecule has 0 spiro atoms. The van der Waals surface area contributed by atoms with Gasteiger partial charge in [-0.15, -0.1) is 0 Å². The quantitative estimate of drug-likeness (QED) is 0.346. The van der Waals surface area contributed by atoms with Gasteiger partial charge in [0.15, 0.2) is 0 Å². The maximum absolute atomic E-state index is 13.1. The summed E-state index contributed by atoms with van der Waals surface area (Å²) in [6.07, 6.45) is 10.1. The largest absolute Gasteiger partial charge is 0.274 e. The number of amides is 2. The fourth-order valence-corrected chi connectivity index (χ4v) is 5.48. The van der Waals surface area contributed by atoms with Crippen molar-refractivity contribution >= 4 is 23.2 Å². The first-order valence-corrected chi connectivity index (χ1v) is 9.60. The molecule has 4 unspecified atom stereocenters. The smallest absolute Gasteiger partial charge is 0.269 e. The molecule has 1 aromatic carbocycles. The lowest BCUT2D eigenvalue weighted by Gasteiger charge is -2.23. The molecule has 0 N–H and O–H groups in total. The number of fused-ring (bicyclic) bond motifs is 5. The van der Waals surface area contributed by atoms with Crippen LogP contribution >= 0.6 is 0 Å². The van der Waals surface area contributed by atoms with Crippen molar-refractivity contribution in [2.45, 2.75) is 32.1 Å². The van der Waals surface area contributed by atoms with Gasteiger partial charge in [0.25, 0.3) is 5.69 Å². The summed E-state index contributed by atoms with van der Waals surface area (Å²) >= 11 is 0. The minimum atomic E-state index is -0.487. The third kappa shape index (κ3) is 2.25. The SMILES string of the molecule is O=C1C2C3C=CC(C3=C3CCCCC3)C2C(=O)N1c1ccc([N+](=O)[O-])cc1. The van der Waals surface area contributed by atoms with Gasteiger partial charge in [-0.25, -0.2) is 4.90 Å². The summed E-state index contributed by atoms with van der Waals surface area (Å²) < 4.78 is 0. The van der Waals surface area contributed by atoms with E-state index < -0.39 is 4.92 Å². The number of nitro groups is 1. The fraction of sp³-hybridized carbons (Fsp3) is 0.429. The second kappa shape index (κ2) is 5.87. The van der Waals surface area contributed by atoms with Gasteiger partial charge in [0, 0.05) is 24.0 Å². The van der Waals surface area contributed by atoms with E-state index in [1.807, 2.05) is 0 Å². The molecule has 3 aliphatic carbocycles. The molecule has 4 aliphatic rings. The van der Waals surface area contributed by atoms with Crippen LogP contribution in [-0.4, -0.2) is 16.7 Å².